The number of methoxy groups -OCH3 is 1. The number of anilines is 2. The van der Waals surface area contributed by atoms with Crippen LogP contribution in [0, 0.1) is 0 Å². The van der Waals surface area contributed by atoms with Crippen molar-refractivity contribution in [3.63, 3.8) is 0 Å². The zero-order chi connectivity index (χ0) is 21.7. The number of rotatable bonds is 6. The second kappa shape index (κ2) is 8.98. The van der Waals surface area contributed by atoms with Crippen molar-refractivity contribution in [3.05, 3.63) is 88.9 Å². The van der Waals surface area contributed by atoms with E-state index in [0.717, 1.165) is 0 Å². The lowest BCUT2D eigenvalue weighted by molar-refractivity contribution is 0.0600. The molecule has 0 radical (unpaired) electrons. The van der Waals surface area contributed by atoms with Crippen molar-refractivity contribution < 1.29 is 22.7 Å². The molecular formula is C21H17ClN2O5S. The molecule has 0 aliphatic carbocycles. The van der Waals surface area contributed by atoms with Crippen LogP contribution < -0.4 is 10.0 Å². The van der Waals surface area contributed by atoms with Gasteiger partial charge in [0, 0.05) is 16.9 Å². The van der Waals surface area contributed by atoms with Crippen molar-refractivity contribution in [3.8, 4) is 0 Å². The minimum atomic E-state index is -4.00. The third-order valence-corrected chi connectivity index (χ3v) is 5.94. The van der Waals surface area contributed by atoms with Gasteiger partial charge >= 0.3 is 5.97 Å². The van der Waals surface area contributed by atoms with Crippen LogP contribution in [0.3, 0.4) is 0 Å². The average molecular weight is 445 g/mol. The van der Waals surface area contributed by atoms with Gasteiger partial charge in [-0.1, -0.05) is 29.8 Å². The van der Waals surface area contributed by atoms with E-state index < -0.39 is 21.9 Å². The van der Waals surface area contributed by atoms with E-state index in [0.29, 0.717) is 16.9 Å². The highest BCUT2D eigenvalue weighted by molar-refractivity contribution is 7.92. The van der Waals surface area contributed by atoms with E-state index in [1.165, 1.54) is 49.6 Å². The second-order valence-corrected chi connectivity index (χ2v) is 8.20. The van der Waals surface area contributed by atoms with E-state index in [9.17, 15) is 18.0 Å². The maximum absolute atomic E-state index is 12.7. The van der Waals surface area contributed by atoms with Gasteiger partial charge in [0.2, 0.25) is 0 Å². The Labute approximate surface area is 178 Å². The number of carbonyl (C=O) groups excluding carboxylic acids is 2. The van der Waals surface area contributed by atoms with Crippen molar-refractivity contribution >= 4 is 44.9 Å². The van der Waals surface area contributed by atoms with Crippen molar-refractivity contribution in [1.82, 2.24) is 0 Å². The molecule has 0 bridgehead atoms. The Bertz CT molecular complexity index is 1180. The molecule has 0 aromatic heterocycles. The summed E-state index contributed by atoms with van der Waals surface area (Å²) in [4.78, 5) is 23.8. The monoisotopic (exact) mass is 444 g/mol. The van der Waals surface area contributed by atoms with Crippen LogP contribution in [0.15, 0.2) is 77.7 Å². The Morgan fingerprint density at radius 2 is 1.50 bits per heavy atom. The highest BCUT2D eigenvalue weighted by Gasteiger charge is 2.20. The van der Waals surface area contributed by atoms with Crippen molar-refractivity contribution in [2.45, 2.75) is 4.90 Å². The molecule has 0 atom stereocenters. The van der Waals surface area contributed by atoms with Gasteiger partial charge in [0.05, 0.1) is 17.7 Å². The minimum Gasteiger partial charge on any atom is -0.465 e. The maximum atomic E-state index is 12.7. The normalized spacial score (nSPS) is 10.9. The van der Waals surface area contributed by atoms with E-state index >= 15 is 0 Å². The molecule has 0 saturated heterocycles. The smallest absolute Gasteiger partial charge is 0.337 e. The zero-order valence-electron chi connectivity index (χ0n) is 15.8. The molecule has 3 rings (SSSR count). The lowest BCUT2D eigenvalue weighted by Gasteiger charge is -2.11. The van der Waals surface area contributed by atoms with Crippen LogP contribution in [0.1, 0.15) is 20.7 Å². The summed E-state index contributed by atoms with van der Waals surface area (Å²) in [5.74, 6) is -1.03. The summed E-state index contributed by atoms with van der Waals surface area (Å²) in [5, 5.41) is 2.62. The van der Waals surface area contributed by atoms with Crippen LogP contribution in [0.4, 0.5) is 11.4 Å². The van der Waals surface area contributed by atoms with E-state index in [2.05, 4.69) is 14.8 Å². The summed E-state index contributed by atoms with van der Waals surface area (Å²) in [6.07, 6.45) is 0. The fraction of sp³-hybridized carbons (Fsp3) is 0.0476. The molecule has 2 N–H and O–H groups in total. The van der Waals surface area contributed by atoms with E-state index in [4.69, 9.17) is 11.6 Å². The first kappa shape index (κ1) is 21.4. The van der Waals surface area contributed by atoms with Crippen LogP contribution in [0.2, 0.25) is 5.02 Å². The second-order valence-electron chi connectivity index (χ2n) is 6.14. The van der Waals surface area contributed by atoms with Gasteiger partial charge < -0.3 is 10.1 Å². The molecule has 0 heterocycles. The Morgan fingerprint density at radius 3 is 2.13 bits per heavy atom. The molecule has 0 unspecified atom stereocenters. The number of halogens is 1. The third-order valence-electron chi connectivity index (χ3n) is 4.07. The number of ether oxygens (including phenoxy) is 1. The summed E-state index contributed by atoms with van der Waals surface area (Å²) in [6.45, 7) is 0. The molecule has 0 fully saturated rings. The first-order valence-electron chi connectivity index (χ1n) is 8.67. The largest absolute Gasteiger partial charge is 0.465 e. The summed E-state index contributed by atoms with van der Waals surface area (Å²) < 4.78 is 32.5. The van der Waals surface area contributed by atoms with Gasteiger partial charge in [-0.25, -0.2) is 13.2 Å². The molecule has 0 spiro atoms. The van der Waals surface area contributed by atoms with E-state index in [-0.39, 0.29) is 15.5 Å². The first-order valence-corrected chi connectivity index (χ1v) is 10.5. The van der Waals surface area contributed by atoms with Crippen LogP contribution in [0.5, 0.6) is 0 Å². The van der Waals surface area contributed by atoms with Gasteiger partial charge in [-0.15, -0.1) is 0 Å². The Kier molecular flexibility index (Phi) is 6.39. The molecule has 3 aromatic carbocycles. The molecule has 9 heteroatoms. The molecule has 154 valence electrons. The van der Waals surface area contributed by atoms with Gasteiger partial charge in [-0.3, -0.25) is 9.52 Å². The van der Waals surface area contributed by atoms with Crippen LogP contribution >= 0.6 is 11.6 Å². The number of benzene rings is 3. The summed E-state index contributed by atoms with van der Waals surface area (Å²) in [6, 6.07) is 18.4. The Morgan fingerprint density at radius 1 is 0.867 bits per heavy atom. The molecule has 3 aromatic rings. The highest BCUT2D eigenvalue weighted by Crippen LogP contribution is 2.25. The third kappa shape index (κ3) is 4.97. The number of amides is 1. The number of nitrogens with one attached hydrogen (secondary N) is 2. The van der Waals surface area contributed by atoms with Crippen molar-refractivity contribution in [2.75, 3.05) is 17.1 Å². The topological polar surface area (TPSA) is 102 Å². The number of carbonyl (C=O) groups is 2. The van der Waals surface area contributed by atoms with Crippen LogP contribution in [0.25, 0.3) is 0 Å². The first-order chi connectivity index (χ1) is 14.3. The number of para-hydroxylation sites is 1. The molecule has 0 saturated carbocycles. The van der Waals surface area contributed by atoms with Crippen LogP contribution in [-0.2, 0) is 14.8 Å². The SMILES string of the molecule is COC(=O)c1ccc(NC(=O)c2ccc(Cl)c(S(=O)(=O)Nc3ccccc3)c2)cc1. The van der Waals surface area contributed by atoms with Crippen LogP contribution in [-0.4, -0.2) is 27.4 Å². The molecule has 0 aliphatic rings. The highest BCUT2D eigenvalue weighted by atomic mass is 35.5. The zero-order valence-corrected chi connectivity index (χ0v) is 17.3. The lowest BCUT2D eigenvalue weighted by Crippen LogP contribution is -2.16. The summed E-state index contributed by atoms with van der Waals surface area (Å²) in [7, 11) is -2.73. The quantitative estimate of drug-likeness (QED) is 0.555. The van der Waals surface area contributed by atoms with Crippen molar-refractivity contribution in [1.29, 1.82) is 0 Å². The standard InChI is InChI=1S/C21H17ClN2O5S/c1-29-21(26)14-7-10-16(11-8-14)23-20(25)15-9-12-18(22)19(13-15)30(27,28)24-17-5-3-2-4-6-17/h2-13,24H,1H3,(H,23,25). The predicted octanol–water partition coefficient (Wildman–Crippen LogP) is 4.18. The Balaban J connectivity index is 1.82. The summed E-state index contributed by atoms with van der Waals surface area (Å²) >= 11 is 6.08. The lowest BCUT2D eigenvalue weighted by atomic mass is 10.2. The number of sulfonamides is 1. The van der Waals surface area contributed by atoms with Gasteiger partial charge in [0.25, 0.3) is 15.9 Å². The van der Waals surface area contributed by atoms with Gasteiger partial charge in [-0.05, 0) is 54.6 Å². The maximum Gasteiger partial charge on any atom is 0.337 e. The fourth-order valence-electron chi connectivity index (χ4n) is 2.58. The summed E-state index contributed by atoms with van der Waals surface area (Å²) in [5.41, 5.74) is 1.23. The van der Waals surface area contributed by atoms with Gasteiger partial charge in [-0.2, -0.15) is 0 Å². The average Bonchev–Trinajstić information content (AvgIpc) is 2.74. The fourth-order valence-corrected chi connectivity index (χ4v) is 4.16. The molecular weight excluding hydrogens is 428 g/mol. The van der Waals surface area contributed by atoms with Gasteiger partial charge in [0.15, 0.2) is 0 Å². The Hall–Kier alpha value is -3.36. The van der Waals surface area contributed by atoms with Gasteiger partial charge in [0.1, 0.15) is 4.90 Å². The number of hydrogen-bond acceptors (Lipinski definition) is 5. The molecule has 30 heavy (non-hydrogen) atoms. The van der Waals surface area contributed by atoms with Crippen molar-refractivity contribution in [2.24, 2.45) is 0 Å². The predicted molar refractivity (Wildman–Crippen MR) is 114 cm³/mol. The van der Waals surface area contributed by atoms with E-state index in [1.54, 1.807) is 30.3 Å². The molecule has 0 aliphatic heterocycles. The number of hydrogen-bond donors (Lipinski definition) is 2. The minimum absolute atomic E-state index is 0.0163. The molecule has 1 amide bonds. The molecule has 7 nitrogen and oxygen atoms in total. The number of esters is 1. The van der Waals surface area contributed by atoms with E-state index in [1.807, 2.05) is 0 Å².